The number of thiophene rings is 1. The standard InChI is InChI=1S/C16H15N3O2S/c1-11(20)17-16-18(2)12-6-3-4-7-13(12)19(16)10-14(21)15-8-5-9-22-15/h3-9H,10H2,1-2H3. The minimum absolute atomic E-state index is 0.0105. The lowest BCUT2D eigenvalue weighted by Crippen LogP contribution is -2.28. The zero-order chi connectivity index (χ0) is 15.7. The van der Waals surface area contributed by atoms with E-state index < -0.39 is 0 Å². The molecule has 22 heavy (non-hydrogen) atoms. The third-order valence-electron chi connectivity index (χ3n) is 3.43. The number of nitrogens with zero attached hydrogens (tertiary/aromatic N) is 3. The van der Waals surface area contributed by atoms with Crippen LogP contribution in [0.25, 0.3) is 11.0 Å². The number of fused-ring (bicyclic) bond motifs is 1. The number of hydrogen-bond acceptors (Lipinski definition) is 3. The Bertz CT molecular complexity index is 917. The van der Waals surface area contributed by atoms with E-state index in [1.807, 2.05) is 47.3 Å². The van der Waals surface area contributed by atoms with Crippen molar-refractivity contribution in [1.82, 2.24) is 9.13 Å². The molecule has 1 aromatic carbocycles. The lowest BCUT2D eigenvalue weighted by molar-refractivity contribution is -0.116. The fourth-order valence-corrected chi connectivity index (χ4v) is 3.12. The lowest BCUT2D eigenvalue weighted by atomic mass is 10.3. The van der Waals surface area contributed by atoms with Gasteiger partial charge < -0.3 is 9.13 Å². The zero-order valence-electron chi connectivity index (χ0n) is 12.3. The third kappa shape index (κ3) is 2.53. The van der Waals surface area contributed by atoms with Gasteiger partial charge in [-0.25, -0.2) is 0 Å². The molecule has 0 saturated heterocycles. The van der Waals surface area contributed by atoms with E-state index in [1.54, 1.807) is 10.6 Å². The van der Waals surface area contributed by atoms with Crippen LogP contribution in [0.5, 0.6) is 0 Å². The number of Topliss-reactive ketones (excluding diaryl/α,β-unsaturated/α-hetero) is 1. The Morgan fingerprint density at radius 3 is 2.50 bits per heavy atom. The van der Waals surface area contributed by atoms with Gasteiger partial charge in [0.25, 0.3) is 0 Å². The summed E-state index contributed by atoms with van der Waals surface area (Å²) < 4.78 is 3.62. The summed E-state index contributed by atoms with van der Waals surface area (Å²) in [7, 11) is 1.84. The second kappa shape index (κ2) is 5.73. The molecule has 0 radical (unpaired) electrons. The Hall–Kier alpha value is -2.47. The van der Waals surface area contributed by atoms with Crippen molar-refractivity contribution >= 4 is 34.1 Å². The second-order valence-electron chi connectivity index (χ2n) is 4.97. The van der Waals surface area contributed by atoms with Gasteiger partial charge in [0.05, 0.1) is 22.5 Å². The van der Waals surface area contributed by atoms with Gasteiger partial charge in [-0.3, -0.25) is 9.59 Å². The number of aryl methyl sites for hydroxylation is 1. The number of carbonyl (C=O) groups excluding carboxylic acids is 2. The summed E-state index contributed by atoms with van der Waals surface area (Å²) in [5.41, 5.74) is 2.30. The largest absolute Gasteiger partial charge is 0.313 e. The van der Waals surface area contributed by atoms with Gasteiger partial charge >= 0.3 is 0 Å². The maximum atomic E-state index is 12.4. The average Bonchev–Trinajstić information content (AvgIpc) is 3.10. The number of para-hydroxylation sites is 2. The number of amides is 1. The van der Waals surface area contributed by atoms with Crippen molar-refractivity contribution in [3.8, 4) is 0 Å². The SMILES string of the molecule is CC(=O)N=c1n(C)c2ccccc2n1CC(=O)c1cccs1. The number of rotatable bonds is 3. The highest BCUT2D eigenvalue weighted by Gasteiger charge is 2.14. The number of aromatic nitrogens is 2. The first-order valence-electron chi connectivity index (χ1n) is 6.84. The van der Waals surface area contributed by atoms with Gasteiger partial charge in [-0.15, -0.1) is 11.3 Å². The Morgan fingerprint density at radius 1 is 1.14 bits per heavy atom. The maximum absolute atomic E-state index is 12.4. The van der Waals surface area contributed by atoms with Crippen LogP contribution >= 0.6 is 11.3 Å². The molecule has 0 N–H and O–H groups in total. The number of carbonyl (C=O) groups is 2. The van der Waals surface area contributed by atoms with Crippen LogP contribution in [0.15, 0.2) is 46.8 Å². The fourth-order valence-electron chi connectivity index (χ4n) is 2.46. The summed E-state index contributed by atoms with van der Waals surface area (Å²) in [5, 5.41) is 1.88. The van der Waals surface area contributed by atoms with Gasteiger partial charge in [0.1, 0.15) is 0 Å². The Morgan fingerprint density at radius 2 is 1.86 bits per heavy atom. The van der Waals surface area contributed by atoms with Gasteiger partial charge in [-0.05, 0) is 23.6 Å². The Kier molecular flexibility index (Phi) is 3.77. The van der Waals surface area contributed by atoms with Crippen LogP contribution in [-0.4, -0.2) is 20.8 Å². The van der Waals surface area contributed by atoms with Crippen molar-refractivity contribution in [3.05, 3.63) is 52.3 Å². The molecule has 2 aromatic heterocycles. The normalized spacial score (nSPS) is 12.0. The molecule has 3 aromatic rings. The van der Waals surface area contributed by atoms with Crippen LogP contribution in [-0.2, 0) is 18.4 Å². The predicted octanol–water partition coefficient (Wildman–Crippen LogP) is 2.37. The predicted molar refractivity (Wildman–Crippen MR) is 85.8 cm³/mol. The summed E-state index contributed by atoms with van der Waals surface area (Å²) >= 11 is 1.42. The van der Waals surface area contributed by atoms with Crippen LogP contribution < -0.4 is 5.62 Å². The first-order valence-corrected chi connectivity index (χ1v) is 7.72. The lowest BCUT2D eigenvalue weighted by Gasteiger charge is -2.03. The molecule has 5 nitrogen and oxygen atoms in total. The summed E-state index contributed by atoms with van der Waals surface area (Å²) in [6.45, 7) is 1.57. The van der Waals surface area contributed by atoms with Crippen molar-refractivity contribution in [2.24, 2.45) is 12.0 Å². The first kappa shape index (κ1) is 14.5. The van der Waals surface area contributed by atoms with Gasteiger partial charge in [-0.2, -0.15) is 4.99 Å². The molecular weight excluding hydrogens is 298 g/mol. The van der Waals surface area contributed by atoms with E-state index in [2.05, 4.69) is 4.99 Å². The molecule has 112 valence electrons. The van der Waals surface area contributed by atoms with Crippen molar-refractivity contribution in [3.63, 3.8) is 0 Å². The van der Waals surface area contributed by atoms with Crippen LogP contribution in [0.3, 0.4) is 0 Å². The van der Waals surface area contributed by atoms with E-state index in [-0.39, 0.29) is 18.2 Å². The summed E-state index contributed by atoms with van der Waals surface area (Å²) in [6, 6.07) is 11.4. The molecule has 0 aliphatic carbocycles. The van der Waals surface area contributed by atoms with Crippen LogP contribution in [0.1, 0.15) is 16.6 Å². The Labute approximate surface area is 131 Å². The molecule has 0 aliphatic rings. The summed E-state index contributed by atoms with van der Waals surface area (Å²) in [5.74, 6) is -0.278. The second-order valence-corrected chi connectivity index (χ2v) is 5.91. The van der Waals surface area contributed by atoms with Gasteiger partial charge in [0, 0.05) is 14.0 Å². The zero-order valence-corrected chi connectivity index (χ0v) is 13.1. The topological polar surface area (TPSA) is 56.4 Å². The van der Waals surface area contributed by atoms with Gasteiger partial charge in [-0.1, -0.05) is 18.2 Å². The molecule has 0 atom stereocenters. The Balaban J connectivity index is 2.19. The van der Waals surface area contributed by atoms with Gasteiger partial charge in [0.15, 0.2) is 5.78 Å². The van der Waals surface area contributed by atoms with Gasteiger partial charge in [0.2, 0.25) is 11.5 Å². The van der Waals surface area contributed by atoms with Crippen LogP contribution in [0, 0.1) is 0 Å². The third-order valence-corrected chi connectivity index (χ3v) is 4.34. The molecule has 2 heterocycles. The molecule has 0 saturated carbocycles. The quantitative estimate of drug-likeness (QED) is 0.697. The minimum atomic E-state index is -0.289. The maximum Gasteiger partial charge on any atom is 0.245 e. The molecule has 6 heteroatoms. The molecule has 0 bridgehead atoms. The minimum Gasteiger partial charge on any atom is -0.313 e. The highest BCUT2D eigenvalue weighted by atomic mass is 32.1. The van der Waals surface area contributed by atoms with E-state index in [4.69, 9.17) is 0 Å². The van der Waals surface area contributed by atoms with E-state index in [1.165, 1.54) is 18.3 Å². The van der Waals surface area contributed by atoms with Crippen LogP contribution in [0.4, 0.5) is 0 Å². The van der Waals surface area contributed by atoms with Crippen molar-refractivity contribution in [2.45, 2.75) is 13.5 Å². The molecule has 0 unspecified atom stereocenters. The molecule has 0 spiro atoms. The summed E-state index contributed by atoms with van der Waals surface area (Å²) in [4.78, 5) is 28.6. The van der Waals surface area contributed by atoms with E-state index in [9.17, 15) is 9.59 Å². The average molecular weight is 313 g/mol. The first-order chi connectivity index (χ1) is 10.6. The van der Waals surface area contributed by atoms with E-state index in [0.29, 0.717) is 10.5 Å². The monoisotopic (exact) mass is 313 g/mol. The highest BCUT2D eigenvalue weighted by molar-refractivity contribution is 7.12. The number of imidazole rings is 1. The number of ketones is 1. The molecule has 0 fully saturated rings. The molecule has 0 aliphatic heterocycles. The number of benzene rings is 1. The fraction of sp³-hybridized carbons (Fsp3) is 0.188. The number of hydrogen-bond donors (Lipinski definition) is 0. The molecular formula is C16H15N3O2S. The molecule has 1 amide bonds. The van der Waals surface area contributed by atoms with Crippen molar-refractivity contribution in [1.29, 1.82) is 0 Å². The molecule has 3 rings (SSSR count). The van der Waals surface area contributed by atoms with Crippen molar-refractivity contribution in [2.75, 3.05) is 0 Å². The highest BCUT2D eigenvalue weighted by Crippen LogP contribution is 2.14. The van der Waals surface area contributed by atoms with E-state index >= 15 is 0 Å². The van der Waals surface area contributed by atoms with E-state index in [0.717, 1.165) is 11.0 Å². The smallest absolute Gasteiger partial charge is 0.245 e. The van der Waals surface area contributed by atoms with Crippen LogP contribution in [0.2, 0.25) is 0 Å². The van der Waals surface area contributed by atoms with Crippen molar-refractivity contribution < 1.29 is 9.59 Å². The summed E-state index contributed by atoms with van der Waals surface area (Å²) in [6.07, 6.45) is 0.